The Bertz CT molecular complexity index is 234. The molecule has 0 aromatic heterocycles. The minimum absolute atomic E-state index is 0.0844. The van der Waals surface area contributed by atoms with E-state index in [0.717, 1.165) is 0 Å². The average molecular weight is 239 g/mol. The molecule has 80 valence electrons. The van der Waals surface area contributed by atoms with Crippen molar-refractivity contribution in [1.29, 1.82) is 0 Å². The van der Waals surface area contributed by atoms with Crippen molar-refractivity contribution in [2.75, 3.05) is 13.1 Å². The van der Waals surface area contributed by atoms with Gasteiger partial charge in [0.05, 0.1) is 0 Å². The van der Waals surface area contributed by atoms with Crippen LogP contribution in [0.3, 0.4) is 0 Å². The number of carbonyl (C=O) groups excluding carboxylic acids is 2. The fourth-order valence-electron chi connectivity index (χ4n) is 1.62. The average Bonchev–Trinajstić information content (AvgIpc) is 2.07. The van der Waals surface area contributed by atoms with Gasteiger partial charge in [-0.05, 0) is 37.0 Å². The molecule has 1 aliphatic heterocycles. The van der Waals surface area contributed by atoms with Crippen LogP contribution in [0.15, 0.2) is 0 Å². The van der Waals surface area contributed by atoms with Gasteiger partial charge in [0.2, 0.25) is 0 Å². The summed E-state index contributed by atoms with van der Waals surface area (Å²) in [6, 6.07) is -0.169. The van der Waals surface area contributed by atoms with E-state index in [4.69, 9.17) is 23.2 Å². The molecule has 0 N–H and O–H groups in total. The smallest absolute Gasteiger partial charge is 0.316 e. The van der Waals surface area contributed by atoms with E-state index in [0.29, 0.717) is 13.1 Å². The number of piperazine rings is 1. The Morgan fingerprint density at radius 2 is 1.29 bits per heavy atom. The second-order valence-corrected chi connectivity index (χ2v) is 4.16. The van der Waals surface area contributed by atoms with Crippen LogP contribution in [0.1, 0.15) is 13.8 Å². The van der Waals surface area contributed by atoms with Crippen molar-refractivity contribution in [3.8, 4) is 0 Å². The minimum atomic E-state index is -0.481. The van der Waals surface area contributed by atoms with Crippen molar-refractivity contribution in [2.24, 2.45) is 0 Å². The quantitative estimate of drug-likeness (QED) is 0.479. The molecule has 2 atom stereocenters. The van der Waals surface area contributed by atoms with Gasteiger partial charge in [0.25, 0.3) is 0 Å². The van der Waals surface area contributed by atoms with Crippen LogP contribution >= 0.6 is 23.2 Å². The molecule has 1 heterocycles. The molecule has 0 aliphatic carbocycles. The molecule has 1 fully saturated rings. The van der Waals surface area contributed by atoms with Crippen LogP contribution in [0.5, 0.6) is 0 Å². The first-order valence-electron chi connectivity index (χ1n) is 4.35. The summed E-state index contributed by atoms with van der Waals surface area (Å²) in [6.45, 7) is 4.53. The fourth-order valence-corrected chi connectivity index (χ4v) is 2.09. The lowest BCUT2D eigenvalue weighted by Gasteiger charge is -2.42. The third kappa shape index (κ3) is 2.30. The molecule has 2 amide bonds. The van der Waals surface area contributed by atoms with E-state index in [2.05, 4.69) is 0 Å². The summed E-state index contributed by atoms with van der Waals surface area (Å²) in [5.41, 5.74) is 0. The van der Waals surface area contributed by atoms with Gasteiger partial charge in [0.15, 0.2) is 0 Å². The zero-order valence-electron chi connectivity index (χ0n) is 8.04. The number of carbonyl (C=O) groups is 2. The molecule has 1 saturated heterocycles. The van der Waals surface area contributed by atoms with E-state index in [1.54, 1.807) is 0 Å². The lowest BCUT2D eigenvalue weighted by Crippen LogP contribution is -2.57. The van der Waals surface area contributed by atoms with Crippen LogP contribution < -0.4 is 0 Å². The topological polar surface area (TPSA) is 40.6 Å². The highest BCUT2D eigenvalue weighted by atomic mass is 35.5. The SMILES string of the molecule is C[C@@H]1CN(C(=O)Cl)[C@@H](C)CN1C(=O)Cl. The van der Waals surface area contributed by atoms with E-state index in [1.165, 1.54) is 9.80 Å². The number of halogens is 2. The Balaban J connectivity index is 2.71. The molecule has 6 heteroatoms. The lowest BCUT2D eigenvalue weighted by atomic mass is 10.1. The molecule has 4 nitrogen and oxygen atoms in total. The summed E-state index contributed by atoms with van der Waals surface area (Å²) in [5.74, 6) is 0. The van der Waals surface area contributed by atoms with Gasteiger partial charge >= 0.3 is 10.7 Å². The Labute approximate surface area is 92.7 Å². The van der Waals surface area contributed by atoms with E-state index in [-0.39, 0.29) is 12.1 Å². The van der Waals surface area contributed by atoms with Gasteiger partial charge in [-0.15, -0.1) is 0 Å². The van der Waals surface area contributed by atoms with Gasteiger partial charge < -0.3 is 9.80 Å². The van der Waals surface area contributed by atoms with Crippen molar-refractivity contribution in [3.63, 3.8) is 0 Å². The van der Waals surface area contributed by atoms with Gasteiger partial charge in [-0.1, -0.05) is 0 Å². The van der Waals surface area contributed by atoms with Crippen molar-refractivity contribution in [1.82, 2.24) is 9.80 Å². The van der Waals surface area contributed by atoms with Crippen molar-refractivity contribution in [2.45, 2.75) is 25.9 Å². The molecule has 0 aromatic rings. The van der Waals surface area contributed by atoms with Gasteiger partial charge in [-0.2, -0.15) is 0 Å². The molecule has 0 bridgehead atoms. The zero-order chi connectivity index (χ0) is 10.9. The highest BCUT2D eigenvalue weighted by Gasteiger charge is 2.32. The van der Waals surface area contributed by atoms with Crippen molar-refractivity contribution < 1.29 is 9.59 Å². The minimum Gasteiger partial charge on any atom is -0.323 e. The van der Waals surface area contributed by atoms with Crippen LogP contribution in [0, 0.1) is 0 Å². The monoisotopic (exact) mass is 238 g/mol. The van der Waals surface area contributed by atoms with E-state index < -0.39 is 10.7 Å². The summed E-state index contributed by atoms with van der Waals surface area (Å²) in [5, 5.41) is -0.961. The summed E-state index contributed by atoms with van der Waals surface area (Å²) in [4.78, 5) is 25.0. The third-order valence-electron chi connectivity index (χ3n) is 2.44. The number of hydrogen-bond acceptors (Lipinski definition) is 2. The first-order valence-corrected chi connectivity index (χ1v) is 5.11. The highest BCUT2D eigenvalue weighted by Crippen LogP contribution is 2.18. The van der Waals surface area contributed by atoms with Crippen LogP contribution in [0.25, 0.3) is 0 Å². The zero-order valence-corrected chi connectivity index (χ0v) is 9.55. The number of amides is 2. The molecule has 1 rings (SSSR count). The Hall–Kier alpha value is -0.480. The summed E-state index contributed by atoms with van der Waals surface area (Å²) in [6.07, 6.45) is 0. The number of hydrogen-bond donors (Lipinski definition) is 0. The van der Waals surface area contributed by atoms with E-state index in [1.807, 2.05) is 13.8 Å². The Morgan fingerprint density at radius 1 is 1.00 bits per heavy atom. The number of nitrogens with zero attached hydrogens (tertiary/aromatic N) is 2. The Kier molecular flexibility index (Phi) is 3.61. The second kappa shape index (κ2) is 4.36. The van der Waals surface area contributed by atoms with Crippen LogP contribution in [0.4, 0.5) is 9.59 Å². The largest absolute Gasteiger partial charge is 0.323 e. The van der Waals surface area contributed by atoms with Crippen LogP contribution in [-0.4, -0.2) is 45.7 Å². The molecule has 0 saturated carbocycles. The highest BCUT2D eigenvalue weighted by molar-refractivity contribution is 6.63. The van der Waals surface area contributed by atoms with Gasteiger partial charge in [0, 0.05) is 25.2 Å². The molecule has 0 spiro atoms. The normalized spacial score (nSPS) is 27.7. The molecule has 0 unspecified atom stereocenters. The predicted molar refractivity (Wildman–Crippen MR) is 54.8 cm³/mol. The molecular formula is C8H12Cl2N2O2. The third-order valence-corrected chi connectivity index (χ3v) is 2.87. The summed E-state index contributed by atoms with van der Waals surface area (Å²) < 4.78 is 0. The number of rotatable bonds is 0. The van der Waals surface area contributed by atoms with Crippen LogP contribution in [0.2, 0.25) is 0 Å². The standard InChI is InChI=1S/C8H12Cl2N2O2/c1-5-3-12(8(10)14)6(2)4-11(5)7(9)13/h5-6H,3-4H2,1-2H3/t5-,6+. The predicted octanol–water partition coefficient (Wildman–Crippen LogP) is 2.10. The van der Waals surface area contributed by atoms with Gasteiger partial charge in [-0.3, -0.25) is 9.59 Å². The Morgan fingerprint density at radius 3 is 1.50 bits per heavy atom. The maximum atomic E-state index is 11.0. The lowest BCUT2D eigenvalue weighted by molar-refractivity contribution is 0.100. The van der Waals surface area contributed by atoms with Crippen LogP contribution in [-0.2, 0) is 0 Å². The van der Waals surface area contributed by atoms with E-state index in [9.17, 15) is 9.59 Å². The van der Waals surface area contributed by atoms with E-state index >= 15 is 0 Å². The maximum Gasteiger partial charge on any atom is 0.316 e. The van der Waals surface area contributed by atoms with Crippen molar-refractivity contribution in [3.05, 3.63) is 0 Å². The summed E-state index contributed by atoms with van der Waals surface area (Å²) in [7, 11) is 0. The van der Waals surface area contributed by atoms with Gasteiger partial charge in [0.1, 0.15) is 0 Å². The molecule has 14 heavy (non-hydrogen) atoms. The molecule has 0 radical (unpaired) electrons. The first-order chi connectivity index (χ1) is 6.43. The summed E-state index contributed by atoms with van der Waals surface area (Å²) >= 11 is 10.8. The first kappa shape index (κ1) is 11.6. The molecular weight excluding hydrogens is 227 g/mol. The molecule has 1 aliphatic rings. The second-order valence-electron chi connectivity index (χ2n) is 3.51. The molecule has 0 aromatic carbocycles. The fraction of sp³-hybridized carbons (Fsp3) is 0.750. The maximum absolute atomic E-state index is 11.0. The van der Waals surface area contributed by atoms with Crippen molar-refractivity contribution >= 4 is 33.9 Å². The van der Waals surface area contributed by atoms with Gasteiger partial charge in [-0.25, -0.2) is 0 Å².